The van der Waals surface area contributed by atoms with E-state index < -0.39 is 17.5 Å². The number of aromatic hydroxyl groups is 1. The quantitative estimate of drug-likeness (QED) is 0.843. The van der Waals surface area contributed by atoms with Gasteiger partial charge in [-0.05, 0) is 69.6 Å². The summed E-state index contributed by atoms with van der Waals surface area (Å²) in [5.41, 5.74) is 0.522. The normalized spacial score (nSPS) is 18.5. The molecular weight excluding hydrogens is 357 g/mol. The van der Waals surface area contributed by atoms with E-state index in [9.17, 15) is 18.3 Å². The van der Waals surface area contributed by atoms with Crippen molar-refractivity contribution in [3.05, 3.63) is 34.9 Å². The first-order valence-corrected chi connectivity index (χ1v) is 8.85. The molecule has 1 fully saturated rings. The van der Waals surface area contributed by atoms with Gasteiger partial charge in [0.05, 0.1) is 11.3 Å². The Labute approximate surface area is 156 Å². The Bertz CT molecular complexity index is 838. The first-order valence-electron chi connectivity index (χ1n) is 8.85. The Kier molecular flexibility index (Phi) is 5.28. The van der Waals surface area contributed by atoms with E-state index in [0.29, 0.717) is 11.5 Å². The molecule has 1 aromatic heterocycles. The molecular formula is C19H23F3N4O. The van der Waals surface area contributed by atoms with Crippen LogP contribution >= 0.6 is 0 Å². The summed E-state index contributed by atoms with van der Waals surface area (Å²) < 4.78 is 39.0. The number of benzene rings is 1. The lowest BCUT2D eigenvalue weighted by atomic mass is 9.99. The molecule has 3 rings (SSSR count). The molecule has 146 valence electrons. The van der Waals surface area contributed by atoms with Gasteiger partial charge in [0, 0.05) is 18.2 Å². The SMILES string of the molecule is Cc1cc(-c2nnc(N[C@@H]3CCCN(C)C3)cc2C)c(O)cc1C(F)(F)F. The average Bonchev–Trinajstić information content (AvgIpc) is 2.56. The fraction of sp³-hybridized carbons (Fsp3) is 0.474. The molecule has 0 aliphatic carbocycles. The van der Waals surface area contributed by atoms with Gasteiger partial charge in [0.25, 0.3) is 0 Å². The van der Waals surface area contributed by atoms with Crippen LogP contribution in [0.15, 0.2) is 18.2 Å². The monoisotopic (exact) mass is 380 g/mol. The molecule has 1 saturated heterocycles. The van der Waals surface area contributed by atoms with E-state index in [1.54, 1.807) is 6.92 Å². The molecule has 27 heavy (non-hydrogen) atoms. The molecule has 0 spiro atoms. The van der Waals surface area contributed by atoms with Crippen molar-refractivity contribution in [2.75, 3.05) is 25.5 Å². The zero-order valence-electron chi connectivity index (χ0n) is 15.6. The predicted molar refractivity (Wildman–Crippen MR) is 97.8 cm³/mol. The van der Waals surface area contributed by atoms with Crippen LogP contribution in [0.3, 0.4) is 0 Å². The third-order valence-electron chi connectivity index (χ3n) is 4.86. The number of halogens is 3. The number of hydrogen-bond donors (Lipinski definition) is 2. The van der Waals surface area contributed by atoms with E-state index in [-0.39, 0.29) is 17.2 Å². The van der Waals surface area contributed by atoms with Crippen LogP contribution in [-0.4, -0.2) is 46.4 Å². The van der Waals surface area contributed by atoms with Crippen molar-refractivity contribution in [2.45, 2.75) is 38.9 Å². The van der Waals surface area contributed by atoms with Gasteiger partial charge in [-0.25, -0.2) is 0 Å². The van der Waals surface area contributed by atoms with Crippen molar-refractivity contribution in [3.63, 3.8) is 0 Å². The predicted octanol–water partition coefficient (Wildman–Crippen LogP) is 3.99. The Morgan fingerprint density at radius 3 is 2.52 bits per heavy atom. The zero-order chi connectivity index (χ0) is 19.8. The van der Waals surface area contributed by atoms with Gasteiger partial charge in [-0.2, -0.15) is 13.2 Å². The van der Waals surface area contributed by atoms with Crippen LogP contribution in [0.4, 0.5) is 19.0 Å². The van der Waals surface area contributed by atoms with Crippen LogP contribution < -0.4 is 5.32 Å². The molecule has 0 bridgehead atoms. The molecule has 2 N–H and O–H groups in total. The summed E-state index contributed by atoms with van der Waals surface area (Å²) in [7, 11) is 2.07. The first kappa shape index (κ1) is 19.4. The second-order valence-electron chi connectivity index (χ2n) is 7.19. The number of alkyl halides is 3. The van der Waals surface area contributed by atoms with Crippen molar-refractivity contribution in [3.8, 4) is 17.0 Å². The number of aryl methyl sites for hydroxylation is 2. The van der Waals surface area contributed by atoms with E-state index in [4.69, 9.17) is 0 Å². The molecule has 1 aliphatic heterocycles. The lowest BCUT2D eigenvalue weighted by Crippen LogP contribution is -2.39. The Hall–Kier alpha value is -2.35. The molecule has 2 heterocycles. The summed E-state index contributed by atoms with van der Waals surface area (Å²) in [6.45, 7) is 5.16. The largest absolute Gasteiger partial charge is 0.507 e. The van der Waals surface area contributed by atoms with Crippen molar-refractivity contribution >= 4 is 5.82 Å². The van der Waals surface area contributed by atoms with Crippen LogP contribution in [0, 0.1) is 13.8 Å². The number of aromatic nitrogens is 2. The Balaban J connectivity index is 1.87. The smallest absolute Gasteiger partial charge is 0.416 e. The fourth-order valence-electron chi connectivity index (χ4n) is 3.51. The van der Waals surface area contributed by atoms with Crippen molar-refractivity contribution in [2.24, 2.45) is 0 Å². The molecule has 1 atom stereocenters. The van der Waals surface area contributed by atoms with Gasteiger partial charge in [-0.1, -0.05) is 0 Å². The molecule has 8 heteroatoms. The van der Waals surface area contributed by atoms with Crippen LogP contribution in [0.1, 0.15) is 29.5 Å². The number of piperidine rings is 1. The van der Waals surface area contributed by atoms with Crippen molar-refractivity contribution in [1.29, 1.82) is 0 Å². The maximum atomic E-state index is 13.0. The summed E-state index contributed by atoms with van der Waals surface area (Å²) in [5, 5.41) is 21.8. The highest BCUT2D eigenvalue weighted by molar-refractivity contribution is 5.71. The molecule has 0 unspecified atom stereocenters. The van der Waals surface area contributed by atoms with Gasteiger partial charge >= 0.3 is 6.18 Å². The number of anilines is 1. The second-order valence-corrected chi connectivity index (χ2v) is 7.19. The van der Waals surface area contributed by atoms with Crippen molar-refractivity contribution in [1.82, 2.24) is 15.1 Å². The minimum atomic E-state index is -4.51. The highest BCUT2D eigenvalue weighted by Crippen LogP contribution is 2.39. The van der Waals surface area contributed by atoms with E-state index in [1.165, 1.54) is 13.0 Å². The third kappa shape index (κ3) is 4.32. The number of hydrogen-bond acceptors (Lipinski definition) is 5. The van der Waals surface area contributed by atoms with Gasteiger partial charge in [0.15, 0.2) is 0 Å². The second kappa shape index (κ2) is 7.34. The van der Waals surface area contributed by atoms with Gasteiger partial charge in [-0.15, -0.1) is 10.2 Å². The van der Waals surface area contributed by atoms with Crippen LogP contribution in [0.25, 0.3) is 11.3 Å². The van der Waals surface area contributed by atoms with E-state index in [2.05, 4.69) is 27.5 Å². The van der Waals surface area contributed by atoms with E-state index in [0.717, 1.165) is 37.6 Å². The van der Waals surface area contributed by atoms with Gasteiger partial charge in [-0.3, -0.25) is 0 Å². The molecule has 0 amide bonds. The first-order chi connectivity index (χ1) is 12.6. The maximum Gasteiger partial charge on any atom is 0.416 e. The molecule has 5 nitrogen and oxygen atoms in total. The van der Waals surface area contributed by atoms with Gasteiger partial charge < -0.3 is 15.3 Å². The van der Waals surface area contributed by atoms with Crippen LogP contribution in [-0.2, 0) is 6.18 Å². The summed E-state index contributed by atoms with van der Waals surface area (Å²) in [6.07, 6.45) is -2.36. The fourth-order valence-corrected chi connectivity index (χ4v) is 3.51. The number of nitrogens with one attached hydrogen (secondary N) is 1. The summed E-state index contributed by atoms with van der Waals surface area (Å²) in [6, 6.07) is 4.14. The van der Waals surface area contributed by atoms with Crippen molar-refractivity contribution < 1.29 is 18.3 Å². The number of phenols is 1. The number of likely N-dealkylation sites (tertiary alicyclic amines) is 1. The van der Waals surface area contributed by atoms with E-state index in [1.807, 2.05) is 6.07 Å². The topological polar surface area (TPSA) is 61.3 Å². The standard InChI is InChI=1S/C19H23F3N4O/c1-11-7-14(16(27)9-15(11)19(20,21)22)18-12(2)8-17(24-25-18)23-13-5-4-6-26(3)10-13/h7-9,13,27H,4-6,10H2,1-3H3,(H,23,24)/t13-/m1/s1. The van der Waals surface area contributed by atoms with E-state index >= 15 is 0 Å². The van der Waals surface area contributed by atoms with Crippen LogP contribution in [0.2, 0.25) is 0 Å². The summed E-state index contributed by atoms with van der Waals surface area (Å²) >= 11 is 0. The molecule has 1 aliphatic rings. The lowest BCUT2D eigenvalue weighted by Gasteiger charge is -2.30. The zero-order valence-corrected chi connectivity index (χ0v) is 15.6. The molecule has 2 aromatic rings. The average molecular weight is 380 g/mol. The third-order valence-corrected chi connectivity index (χ3v) is 4.86. The highest BCUT2D eigenvalue weighted by atomic mass is 19.4. The molecule has 1 aromatic carbocycles. The Morgan fingerprint density at radius 2 is 1.89 bits per heavy atom. The minimum absolute atomic E-state index is 0.0314. The highest BCUT2D eigenvalue weighted by Gasteiger charge is 2.33. The maximum absolute atomic E-state index is 13.0. The summed E-state index contributed by atoms with van der Waals surface area (Å²) in [5.74, 6) is 0.166. The number of phenolic OH excluding ortho intramolecular Hbond substituents is 1. The van der Waals surface area contributed by atoms with Gasteiger partial charge in [0.2, 0.25) is 0 Å². The van der Waals surface area contributed by atoms with Gasteiger partial charge in [0.1, 0.15) is 11.6 Å². The number of nitrogens with zero attached hydrogens (tertiary/aromatic N) is 3. The summed E-state index contributed by atoms with van der Waals surface area (Å²) in [4.78, 5) is 2.25. The Morgan fingerprint density at radius 1 is 1.15 bits per heavy atom. The minimum Gasteiger partial charge on any atom is -0.507 e. The molecule has 0 saturated carbocycles. The lowest BCUT2D eigenvalue weighted by molar-refractivity contribution is -0.138. The number of likely N-dealkylation sites (N-methyl/N-ethyl adjacent to an activating group) is 1. The molecule has 0 radical (unpaired) electrons. The van der Waals surface area contributed by atoms with Crippen LogP contribution in [0.5, 0.6) is 5.75 Å². The number of rotatable bonds is 3.